The van der Waals surface area contributed by atoms with Crippen LogP contribution in [0.25, 0.3) is 0 Å². The van der Waals surface area contributed by atoms with Crippen molar-refractivity contribution in [2.45, 2.75) is 32.3 Å². The fourth-order valence-electron chi connectivity index (χ4n) is 2.23. The molecule has 0 aromatic heterocycles. The maximum Gasteiger partial charge on any atom is 0.226 e. The number of ether oxygens (including phenoxy) is 1. The average Bonchev–Trinajstić information content (AvgIpc) is 2.44. The number of carbonyl (C=O) groups excluding carboxylic acids is 1. The van der Waals surface area contributed by atoms with Gasteiger partial charge in [0.15, 0.2) is 0 Å². The molecule has 1 aromatic rings. The molecule has 2 N–H and O–H groups in total. The molecule has 2 rings (SSSR count). The molecule has 5 heteroatoms. The van der Waals surface area contributed by atoms with E-state index in [-0.39, 0.29) is 24.1 Å². The minimum Gasteiger partial charge on any atom is -0.378 e. The zero-order valence-electron chi connectivity index (χ0n) is 11.7. The Balaban J connectivity index is 1.73. The molecule has 0 saturated carbocycles. The second-order valence-electron chi connectivity index (χ2n) is 5.10. The lowest BCUT2D eigenvalue weighted by Crippen LogP contribution is -2.33. The van der Waals surface area contributed by atoms with Gasteiger partial charge in [-0.2, -0.15) is 0 Å². The van der Waals surface area contributed by atoms with E-state index in [4.69, 9.17) is 4.74 Å². The van der Waals surface area contributed by atoms with Crippen molar-refractivity contribution in [2.75, 3.05) is 25.0 Å². The first-order valence-electron chi connectivity index (χ1n) is 7.03. The molecule has 1 aliphatic rings. The Morgan fingerprint density at radius 2 is 2.20 bits per heavy atom. The molecule has 1 heterocycles. The summed E-state index contributed by atoms with van der Waals surface area (Å²) < 4.78 is 19.1. The Hall–Kier alpha value is -1.46. The summed E-state index contributed by atoms with van der Waals surface area (Å²) in [6.07, 6.45) is 2.44. The quantitative estimate of drug-likeness (QED) is 0.869. The van der Waals surface area contributed by atoms with Gasteiger partial charge < -0.3 is 15.4 Å². The molecule has 0 radical (unpaired) electrons. The first-order valence-corrected chi connectivity index (χ1v) is 7.03. The molecule has 110 valence electrons. The van der Waals surface area contributed by atoms with Gasteiger partial charge in [0, 0.05) is 0 Å². The third-order valence-corrected chi connectivity index (χ3v) is 3.36. The van der Waals surface area contributed by atoms with Crippen LogP contribution in [0.5, 0.6) is 0 Å². The normalized spacial score (nSPS) is 16.1. The number of anilines is 1. The van der Waals surface area contributed by atoms with Gasteiger partial charge in [0.1, 0.15) is 5.82 Å². The number of carbonyl (C=O) groups is 1. The van der Waals surface area contributed by atoms with Crippen LogP contribution >= 0.6 is 0 Å². The number of nitrogens with one attached hydrogen (secondary N) is 2. The zero-order chi connectivity index (χ0) is 14.4. The molecular formula is C15H21FN2O2. The van der Waals surface area contributed by atoms with Crippen LogP contribution in [0.4, 0.5) is 10.1 Å². The lowest BCUT2D eigenvalue weighted by Gasteiger charge is -2.22. The van der Waals surface area contributed by atoms with Crippen LogP contribution in [0.3, 0.4) is 0 Å². The van der Waals surface area contributed by atoms with Gasteiger partial charge in [-0.05, 0) is 50.6 Å². The highest BCUT2D eigenvalue weighted by atomic mass is 19.1. The molecule has 0 bridgehead atoms. The molecule has 0 atom stereocenters. The van der Waals surface area contributed by atoms with Crippen molar-refractivity contribution in [1.29, 1.82) is 0 Å². The Kier molecular flexibility index (Phi) is 5.49. The van der Waals surface area contributed by atoms with Crippen molar-refractivity contribution >= 4 is 11.6 Å². The van der Waals surface area contributed by atoms with Crippen molar-refractivity contribution in [1.82, 2.24) is 5.32 Å². The largest absolute Gasteiger partial charge is 0.378 e. The highest BCUT2D eigenvalue weighted by Crippen LogP contribution is 2.16. The van der Waals surface area contributed by atoms with Crippen LogP contribution < -0.4 is 10.6 Å². The van der Waals surface area contributed by atoms with Gasteiger partial charge in [0.25, 0.3) is 0 Å². The highest BCUT2D eigenvalue weighted by molar-refractivity contribution is 5.90. The smallest absolute Gasteiger partial charge is 0.226 e. The third kappa shape index (κ3) is 4.58. The highest BCUT2D eigenvalue weighted by Gasteiger charge is 2.14. The minimum atomic E-state index is -0.414. The molecular weight excluding hydrogens is 259 g/mol. The Bertz CT molecular complexity index is 459. The summed E-state index contributed by atoms with van der Waals surface area (Å²) in [5.41, 5.74) is 1.14. The van der Waals surface area contributed by atoms with Crippen LogP contribution in [0.1, 0.15) is 24.8 Å². The van der Waals surface area contributed by atoms with Gasteiger partial charge in [-0.15, -0.1) is 0 Å². The summed E-state index contributed by atoms with van der Waals surface area (Å²) in [5.74, 6) is -0.633. The predicted molar refractivity (Wildman–Crippen MR) is 76.2 cm³/mol. The summed E-state index contributed by atoms with van der Waals surface area (Å²) >= 11 is 0. The van der Waals surface area contributed by atoms with E-state index < -0.39 is 5.82 Å². The van der Waals surface area contributed by atoms with Crippen molar-refractivity contribution < 1.29 is 13.9 Å². The lowest BCUT2D eigenvalue weighted by atomic mass is 10.1. The van der Waals surface area contributed by atoms with Gasteiger partial charge >= 0.3 is 0 Å². The predicted octanol–water partition coefficient (Wildman–Crippen LogP) is 2.23. The van der Waals surface area contributed by atoms with Crippen molar-refractivity contribution in [3.8, 4) is 0 Å². The topological polar surface area (TPSA) is 50.4 Å². The minimum absolute atomic E-state index is 0.219. The Morgan fingerprint density at radius 1 is 1.45 bits per heavy atom. The van der Waals surface area contributed by atoms with Crippen molar-refractivity contribution in [3.05, 3.63) is 29.6 Å². The number of hydrogen-bond donors (Lipinski definition) is 2. The van der Waals surface area contributed by atoms with Crippen LogP contribution in [0.2, 0.25) is 0 Å². The molecule has 1 aromatic carbocycles. The fraction of sp³-hybridized carbons (Fsp3) is 0.533. The molecule has 0 spiro atoms. The number of halogens is 1. The van der Waals surface area contributed by atoms with Gasteiger partial charge in [0.2, 0.25) is 5.91 Å². The summed E-state index contributed by atoms with van der Waals surface area (Å²) in [5, 5.41) is 5.84. The summed E-state index contributed by atoms with van der Waals surface area (Å²) in [6.45, 7) is 4.16. The van der Waals surface area contributed by atoms with Gasteiger partial charge in [0.05, 0.1) is 24.8 Å². The second-order valence-corrected chi connectivity index (χ2v) is 5.10. The van der Waals surface area contributed by atoms with E-state index in [9.17, 15) is 9.18 Å². The molecule has 20 heavy (non-hydrogen) atoms. The number of benzene rings is 1. The van der Waals surface area contributed by atoms with E-state index in [0.29, 0.717) is 6.61 Å². The van der Waals surface area contributed by atoms with E-state index in [1.807, 2.05) is 6.92 Å². The fourth-order valence-corrected chi connectivity index (χ4v) is 2.23. The van der Waals surface area contributed by atoms with E-state index in [2.05, 4.69) is 10.6 Å². The van der Waals surface area contributed by atoms with Crippen molar-refractivity contribution in [2.24, 2.45) is 0 Å². The first kappa shape index (κ1) is 14.9. The monoisotopic (exact) mass is 280 g/mol. The number of rotatable bonds is 5. The first-order chi connectivity index (χ1) is 9.65. The van der Waals surface area contributed by atoms with E-state index >= 15 is 0 Å². The number of hydrogen-bond acceptors (Lipinski definition) is 3. The molecule has 1 fully saturated rings. The zero-order valence-corrected chi connectivity index (χ0v) is 11.7. The number of aryl methyl sites for hydroxylation is 1. The van der Waals surface area contributed by atoms with E-state index in [1.54, 1.807) is 12.1 Å². The summed E-state index contributed by atoms with van der Waals surface area (Å²) in [4.78, 5) is 11.7. The van der Waals surface area contributed by atoms with Crippen LogP contribution in [0, 0.1) is 12.7 Å². The summed E-state index contributed by atoms with van der Waals surface area (Å²) in [7, 11) is 0. The van der Waals surface area contributed by atoms with Crippen LogP contribution in [-0.2, 0) is 9.53 Å². The number of piperidine rings is 1. The molecule has 1 saturated heterocycles. The third-order valence-electron chi connectivity index (χ3n) is 3.36. The standard InChI is InChI=1S/C15H21FN2O2/c1-11-2-3-13(16)14(10-11)18-15(19)6-9-20-12-4-7-17-8-5-12/h2-3,10,12,17H,4-9H2,1H3,(H,18,19). The molecule has 1 amide bonds. The van der Waals surface area contributed by atoms with E-state index in [1.165, 1.54) is 6.07 Å². The lowest BCUT2D eigenvalue weighted by molar-refractivity contribution is -0.117. The Morgan fingerprint density at radius 3 is 2.95 bits per heavy atom. The van der Waals surface area contributed by atoms with E-state index in [0.717, 1.165) is 31.5 Å². The Labute approximate surface area is 118 Å². The van der Waals surface area contributed by atoms with Crippen LogP contribution in [-0.4, -0.2) is 31.7 Å². The molecule has 0 unspecified atom stereocenters. The van der Waals surface area contributed by atoms with Gasteiger partial charge in [-0.1, -0.05) is 6.07 Å². The van der Waals surface area contributed by atoms with Crippen LogP contribution in [0.15, 0.2) is 18.2 Å². The molecule has 4 nitrogen and oxygen atoms in total. The molecule has 0 aliphatic carbocycles. The molecule has 1 aliphatic heterocycles. The van der Waals surface area contributed by atoms with Crippen molar-refractivity contribution in [3.63, 3.8) is 0 Å². The van der Waals surface area contributed by atoms with Gasteiger partial charge in [-0.25, -0.2) is 4.39 Å². The maximum absolute atomic E-state index is 13.5. The SMILES string of the molecule is Cc1ccc(F)c(NC(=O)CCOC2CCNCC2)c1. The second kappa shape index (κ2) is 7.36. The maximum atomic E-state index is 13.5. The van der Waals surface area contributed by atoms with Gasteiger partial charge in [-0.3, -0.25) is 4.79 Å². The average molecular weight is 280 g/mol. The summed E-state index contributed by atoms with van der Waals surface area (Å²) in [6, 6.07) is 4.66. The number of amides is 1.